The van der Waals surface area contributed by atoms with Crippen molar-refractivity contribution in [3.05, 3.63) is 18.4 Å². The third-order valence-corrected chi connectivity index (χ3v) is 0.955. The van der Waals surface area contributed by atoms with Gasteiger partial charge >= 0.3 is 0 Å². The SMILES string of the molecule is C=C=CCCCC(O)O. The number of hydrogen-bond acceptors (Lipinski definition) is 2. The maximum atomic E-state index is 8.36. The van der Waals surface area contributed by atoms with Crippen LogP contribution >= 0.6 is 0 Å². The van der Waals surface area contributed by atoms with Gasteiger partial charge in [0.15, 0.2) is 6.29 Å². The van der Waals surface area contributed by atoms with E-state index >= 15 is 0 Å². The summed E-state index contributed by atoms with van der Waals surface area (Å²) in [6, 6.07) is 0. The van der Waals surface area contributed by atoms with E-state index in [1.165, 1.54) is 0 Å². The summed E-state index contributed by atoms with van der Waals surface area (Å²) in [5.74, 6) is 0. The van der Waals surface area contributed by atoms with Crippen molar-refractivity contribution in [3.8, 4) is 0 Å². The molecule has 2 nitrogen and oxygen atoms in total. The summed E-state index contributed by atoms with van der Waals surface area (Å²) in [7, 11) is 0. The zero-order valence-electron chi connectivity index (χ0n) is 5.38. The normalized spacial score (nSPS) is 9.22. The standard InChI is InChI=1S/C7H12O2/c1-2-3-4-5-6-7(8)9/h3,7-9H,1,4-6H2. The molecule has 2 N–H and O–H groups in total. The second kappa shape index (κ2) is 5.57. The first-order chi connectivity index (χ1) is 4.27. The number of allylic oxidation sites excluding steroid dienone is 1. The molecule has 0 aromatic carbocycles. The van der Waals surface area contributed by atoms with Crippen LogP contribution in [0.1, 0.15) is 19.3 Å². The Balaban J connectivity index is 3.00. The molecule has 2 heteroatoms. The second-order valence-electron chi connectivity index (χ2n) is 1.82. The Bertz CT molecular complexity index is 101. The van der Waals surface area contributed by atoms with Crippen LogP contribution in [0.4, 0.5) is 0 Å². The molecule has 0 saturated carbocycles. The Labute approximate surface area is 55.1 Å². The molecule has 0 aromatic heterocycles. The van der Waals surface area contributed by atoms with E-state index in [9.17, 15) is 0 Å². The molecule has 0 spiro atoms. The quantitative estimate of drug-likeness (QED) is 0.334. The molecule has 0 saturated heterocycles. The summed E-state index contributed by atoms with van der Waals surface area (Å²) in [6.45, 7) is 3.37. The molecule has 0 radical (unpaired) electrons. The van der Waals surface area contributed by atoms with Gasteiger partial charge in [0.1, 0.15) is 0 Å². The van der Waals surface area contributed by atoms with Crippen LogP contribution < -0.4 is 0 Å². The molecule has 9 heavy (non-hydrogen) atoms. The number of aliphatic hydroxyl groups is 2. The van der Waals surface area contributed by atoms with Crippen molar-refractivity contribution in [2.75, 3.05) is 0 Å². The molecule has 0 fully saturated rings. The third kappa shape index (κ3) is 7.44. The summed E-state index contributed by atoms with van der Waals surface area (Å²) < 4.78 is 0. The van der Waals surface area contributed by atoms with Gasteiger partial charge in [-0.3, -0.25) is 0 Å². The third-order valence-electron chi connectivity index (χ3n) is 0.955. The van der Waals surface area contributed by atoms with E-state index in [4.69, 9.17) is 10.2 Å². The second-order valence-corrected chi connectivity index (χ2v) is 1.82. The zero-order valence-corrected chi connectivity index (χ0v) is 5.38. The highest BCUT2D eigenvalue weighted by molar-refractivity contribution is 4.74. The first kappa shape index (κ1) is 8.44. The first-order valence-corrected chi connectivity index (χ1v) is 2.98. The van der Waals surface area contributed by atoms with Gasteiger partial charge in [0.25, 0.3) is 0 Å². The molecule has 0 aliphatic heterocycles. The molecule has 0 atom stereocenters. The van der Waals surface area contributed by atoms with E-state index < -0.39 is 6.29 Å². The van der Waals surface area contributed by atoms with Gasteiger partial charge < -0.3 is 10.2 Å². The Kier molecular flexibility index (Phi) is 5.23. The van der Waals surface area contributed by atoms with Crippen LogP contribution in [0.3, 0.4) is 0 Å². The minimum atomic E-state index is -1.16. The lowest BCUT2D eigenvalue weighted by Crippen LogP contribution is -2.02. The van der Waals surface area contributed by atoms with Crippen molar-refractivity contribution in [2.24, 2.45) is 0 Å². The first-order valence-electron chi connectivity index (χ1n) is 2.98. The predicted octanol–water partition coefficient (Wildman–Crippen LogP) is 0.808. The predicted molar refractivity (Wildman–Crippen MR) is 35.8 cm³/mol. The lowest BCUT2D eigenvalue weighted by Gasteiger charge is -1.98. The van der Waals surface area contributed by atoms with Crippen LogP contribution in [0.15, 0.2) is 18.4 Å². The van der Waals surface area contributed by atoms with Gasteiger partial charge in [-0.2, -0.15) is 0 Å². The van der Waals surface area contributed by atoms with Crippen LogP contribution in [-0.2, 0) is 0 Å². The molecule has 0 bridgehead atoms. The number of unbranched alkanes of at least 4 members (excludes halogenated alkanes) is 1. The highest BCUT2D eigenvalue weighted by Gasteiger charge is 1.93. The molecular weight excluding hydrogens is 116 g/mol. The summed E-state index contributed by atoms with van der Waals surface area (Å²) in [5.41, 5.74) is 2.60. The molecule has 0 aromatic rings. The van der Waals surface area contributed by atoms with Crippen LogP contribution in [0.25, 0.3) is 0 Å². The largest absolute Gasteiger partial charge is 0.368 e. The van der Waals surface area contributed by atoms with Crippen LogP contribution in [0.5, 0.6) is 0 Å². The molecule has 0 amide bonds. The Morgan fingerprint density at radius 3 is 2.67 bits per heavy atom. The van der Waals surface area contributed by atoms with Crippen molar-refractivity contribution in [1.29, 1.82) is 0 Å². The maximum Gasteiger partial charge on any atom is 0.151 e. The fraction of sp³-hybridized carbons (Fsp3) is 0.571. The Morgan fingerprint density at radius 1 is 1.56 bits per heavy atom. The molecular formula is C7H12O2. The smallest absolute Gasteiger partial charge is 0.151 e. The number of hydrogen-bond donors (Lipinski definition) is 2. The average molecular weight is 128 g/mol. The van der Waals surface area contributed by atoms with Crippen LogP contribution in [0, 0.1) is 0 Å². The highest BCUT2D eigenvalue weighted by atomic mass is 16.5. The average Bonchev–Trinajstić information content (AvgIpc) is 1.80. The van der Waals surface area contributed by atoms with E-state index in [2.05, 4.69) is 12.3 Å². The van der Waals surface area contributed by atoms with E-state index in [1.54, 1.807) is 6.08 Å². The lowest BCUT2D eigenvalue weighted by atomic mass is 10.2. The van der Waals surface area contributed by atoms with Gasteiger partial charge in [-0.05, 0) is 25.3 Å². The summed E-state index contributed by atoms with van der Waals surface area (Å²) in [6.07, 6.45) is 2.64. The Hall–Kier alpha value is -0.560. The van der Waals surface area contributed by atoms with Gasteiger partial charge in [-0.25, -0.2) is 0 Å². The van der Waals surface area contributed by atoms with Gasteiger partial charge in [-0.1, -0.05) is 6.58 Å². The molecule has 0 unspecified atom stereocenters. The maximum absolute atomic E-state index is 8.36. The molecule has 0 rings (SSSR count). The van der Waals surface area contributed by atoms with Gasteiger partial charge in [0.2, 0.25) is 0 Å². The van der Waals surface area contributed by atoms with E-state index in [0.717, 1.165) is 12.8 Å². The highest BCUT2D eigenvalue weighted by Crippen LogP contribution is 1.97. The molecule has 0 aliphatic carbocycles. The van der Waals surface area contributed by atoms with E-state index in [1.807, 2.05) is 0 Å². The fourth-order valence-corrected chi connectivity index (χ4v) is 0.505. The van der Waals surface area contributed by atoms with Crippen molar-refractivity contribution in [1.82, 2.24) is 0 Å². The molecule has 0 heterocycles. The summed E-state index contributed by atoms with van der Waals surface area (Å²) in [5, 5.41) is 16.7. The summed E-state index contributed by atoms with van der Waals surface area (Å²) >= 11 is 0. The number of rotatable bonds is 4. The molecule has 0 aliphatic rings. The zero-order chi connectivity index (χ0) is 7.11. The summed E-state index contributed by atoms with van der Waals surface area (Å²) in [4.78, 5) is 0. The van der Waals surface area contributed by atoms with Crippen molar-refractivity contribution >= 4 is 0 Å². The topological polar surface area (TPSA) is 40.5 Å². The molecule has 52 valence electrons. The lowest BCUT2D eigenvalue weighted by molar-refractivity contribution is -0.0460. The minimum Gasteiger partial charge on any atom is -0.368 e. The minimum absolute atomic E-state index is 0.429. The van der Waals surface area contributed by atoms with Crippen LogP contribution in [0.2, 0.25) is 0 Å². The van der Waals surface area contributed by atoms with E-state index in [-0.39, 0.29) is 0 Å². The van der Waals surface area contributed by atoms with Crippen molar-refractivity contribution in [3.63, 3.8) is 0 Å². The van der Waals surface area contributed by atoms with Crippen molar-refractivity contribution < 1.29 is 10.2 Å². The van der Waals surface area contributed by atoms with E-state index in [0.29, 0.717) is 6.42 Å². The fourth-order valence-electron chi connectivity index (χ4n) is 0.505. The monoisotopic (exact) mass is 128 g/mol. The van der Waals surface area contributed by atoms with Crippen LogP contribution in [-0.4, -0.2) is 16.5 Å². The number of aliphatic hydroxyl groups excluding tert-OH is 1. The Morgan fingerprint density at radius 2 is 2.22 bits per heavy atom. The van der Waals surface area contributed by atoms with Gasteiger partial charge in [-0.15, -0.1) is 5.73 Å². The van der Waals surface area contributed by atoms with Gasteiger partial charge in [0, 0.05) is 0 Å². The van der Waals surface area contributed by atoms with Gasteiger partial charge in [0.05, 0.1) is 0 Å². The van der Waals surface area contributed by atoms with Crippen molar-refractivity contribution in [2.45, 2.75) is 25.6 Å².